The molecule has 2 aliphatic heterocycles. The van der Waals surface area contributed by atoms with Crippen LogP contribution < -0.4 is 0 Å². The number of rotatable bonds is 6. The van der Waals surface area contributed by atoms with Crippen LogP contribution in [0.15, 0.2) is 36.4 Å². The van der Waals surface area contributed by atoms with Gasteiger partial charge in [0.05, 0.1) is 13.2 Å². The largest absolute Gasteiger partial charge is 0.370 e. The standard InChI is InChI=1S/C18H14Cl4O3/c19-9-3-1-4-10(20)15(9)17(13-7-23-13)25-18(14-8-24-14)16-11(21)5-2-6-12(16)22/h1-6,13-14,17-18H,7-8H2. The van der Waals surface area contributed by atoms with Crippen molar-refractivity contribution in [1.29, 1.82) is 0 Å². The summed E-state index contributed by atoms with van der Waals surface area (Å²) < 4.78 is 17.4. The molecular formula is C18H14Cl4O3. The molecule has 0 amide bonds. The third-order valence-corrected chi connectivity index (χ3v) is 5.57. The summed E-state index contributed by atoms with van der Waals surface area (Å²) in [5.74, 6) is 0. The molecule has 0 radical (unpaired) electrons. The highest BCUT2D eigenvalue weighted by atomic mass is 35.5. The highest BCUT2D eigenvalue weighted by molar-refractivity contribution is 6.36. The molecular weight excluding hydrogens is 406 g/mol. The Balaban J connectivity index is 1.71. The van der Waals surface area contributed by atoms with Crippen molar-refractivity contribution in [1.82, 2.24) is 0 Å². The Morgan fingerprint density at radius 2 is 1.04 bits per heavy atom. The minimum atomic E-state index is -0.428. The highest BCUT2D eigenvalue weighted by Gasteiger charge is 2.44. The van der Waals surface area contributed by atoms with E-state index in [-0.39, 0.29) is 12.2 Å². The number of benzene rings is 2. The summed E-state index contributed by atoms with van der Waals surface area (Å²) in [7, 11) is 0. The molecule has 0 spiro atoms. The number of hydrogen-bond acceptors (Lipinski definition) is 3. The number of epoxide rings is 2. The van der Waals surface area contributed by atoms with Gasteiger partial charge in [-0.1, -0.05) is 58.5 Å². The molecule has 0 bridgehead atoms. The molecule has 25 heavy (non-hydrogen) atoms. The van der Waals surface area contributed by atoms with E-state index in [2.05, 4.69) is 0 Å². The molecule has 132 valence electrons. The van der Waals surface area contributed by atoms with Crippen molar-refractivity contribution in [2.75, 3.05) is 13.2 Å². The summed E-state index contributed by atoms with van der Waals surface area (Å²) in [5.41, 5.74) is 1.42. The van der Waals surface area contributed by atoms with E-state index in [1.165, 1.54) is 0 Å². The fourth-order valence-corrected chi connectivity index (χ4v) is 4.09. The first-order valence-electron chi connectivity index (χ1n) is 7.82. The van der Waals surface area contributed by atoms with Crippen LogP contribution in [0, 0.1) is 0 Å². The molecule has 4 unspecified atom stereocenters. The van der Waals surface area contributed by atoms with Crippen molar-refractivity contribution < 1.29 is 14.2 Å². The Kier molecular flexibility index (Phi) is 5.18. The second-order valence-electron chi connectivity index (χ2n) is 5.99. The molecule has 2 heterocycles. The minimum Gasteiger partial charge on any atom is -0.370 e. The summed E-state index contributed by atoms with van der Waals surface area (Å²) in [6.45, 7) is 1.17. The normalized spacial score (nSPS) is 24.0. The van der Waals surface area contributed by atoms with E-state index in [4.69, 9.17) is 60.6 Å². The Morgan fingerprint density at radius 1 is 0.720 bits per heavy atom. The molecule has 4 rings (SSSR count). The topological polar surface area (TPSA) is 34.3 Å². The first kappa shape index (κ1) is 17.9. The quantitative estimate of drug-likeness (QED) is 0.547. The third kappa shape index (κ3) is 3.79. The predicted molar refractivity (Wildman–Crippen MR) is 99.0 cm³/mol. The SMILES string of the molecule is Clc1cccc(Cl)c1C(OC(c1c(Cl)cccc1Cl)C1CO1)C1CO1. The van der Waals surface area contributed by atoms with E-state index in [9.17, 15) is 0 Å². The molecule has 0 saturated carbocycles. The summed E-state index contributed by atoms with van der Waals surface area (Å²) in [6, 6.07) is 10.7. The fourth-order valence-electron chi connectivity index (χ4n) is 2.87. The maximum absolute atomic E-state index is 6.41. The second-order valence-corrected chi connectivity index (χ2v) is 7.62. The van der Waals surface area contributed by atoms with Gasteiger partial charge in [0.25, 0.3) is 0 Å². The summed E-state index contributed by atoms with van der Waals surface area (Å²) in [6.07, 6.45) is -1.08. The lowest BCUT2D eigenvalue weighted by molar-refractivity contribution is -0.0417. The van der Waals surface area contributed by atoms with Crippen molar-refractivity contribution in [3.05, 3.63) is 67.6 Å². The zero-order valence-corrected chi connectivity index (χ0v) is 15.9. The maximum atomic E-state index is 6.41. The van der Waals surface area contributed by atoms with Crippen LogP contribution in [-0.2, 0) is 14.2 Å². The lowest BCUT2D eigenvalue weighted by Gasteiger charge is -2.26. The first-order valence-corrected chi connectivity index (χ1v) is 9.34. The van der Waals surface area contributed by atoms with Crippen LogP contribution in [0.5, 0.6) is 0 Å². The van der Waals surface area contributed by atoms with Gasteiger partial charge in [0.1, 0.15) is 24.4 Å². The highest BCUT2D eigenvalue weighted by Crippen LogP contribution is 2.46. The number of ether oxygens (including phenoxy) is 3. The summed E-state index contributed by atoms with van der Waals surface area (Å²) in [4.78, 5) is 0. The van der Waals surface area contributed by atoms with Gasteiger partial charge >= 0.3 is 0 Å². The van der Waals surface area contributed by atoms with Crippen LogP contribution >= 0.6 is 46.4 Å². The summed E-state index contributed by atoms with van der Waals surface area (Å²) in [5, 5.41) is 2.14. The molecule has 2 aromatic rings. The fraction of sp³-hybridized carbons (Fsp3) is 0.333. The zero-order valence-electron chi connectivity index (χ0n) is 12.9. The first-order chi connectivity index (χ1) is 12.1. The van der Waals surface area contributed by atoms with Gasteiger partial charge in [0.15, 0.2) is 0 Å². The molecule has 2 aromatic carbocycles. The lowest BCUT2D eigenvalue weighted by Crippen LogP contribution is -2.20. The van der Waals surface area contributed by atoms with E-state index >= 15 is 0 Å². The average molecular weight is 420 g/mol. The van der Waals surface area contributed by atoms with Gasteiger partial charge in [0, 0.05) is 31.2 Å². The van der Waals surface area contributed by atoms with Crippen LogP contribution in [0.4, 0.5) is 0 Å². The Morgan fingerprint density at radius 3 is 1.32 bits per heavy atom. The van der Waals surface area contributed by atoms with E-state index in [0.717, 1.165) is 0 Å². The Labute approximate surface area is 165 Å². The molecule has 0 aliphatic carbocycles. The van der Waals surface area contributed by atoms with Crippen LogP contribution in [0.2, 0.25) is 20.1 Å². The van der Waals surface area contributed by atoms with Crippen LogP contribution in [0.1, 0.15) is 23.3 Å². The maximum Gasteiger partial charge on any atom is 0.115 e. The monoisotopic (exact) mass is 418 g/mol. The number of halogens is 4. The minimum absolute atomic E-state index is 0.111. The Bertz CT molecular complexity index is 684. The molecule has 0 aromatic heterocycles. The zero-order chi connectivity index (χ0) is 17.6. The van der Waals surface area contributed by atoms with Gasteiger partial charge in [0.2, 0.25) is 0 Å². The van der Waals surface area contributed by atoms with E-state index in [1.807, 2.05) is 0 Å². The predicted octanol–water partition coefficient (Wildman–Crippen LogP) is 5.90. The molecule has 4 atom stereocenters. The third-order valence-electron chi connectivity index (χ3n) is 4.26. The lowest BCUT2D eigenvalue weighted by atomic mass is 10.0. The van der Waals surface area contributed by atoms with Crippen LogP contribution in [0.25, 0.3) is 0 Å². The van der Waals surface area contributed by atoms with Crippen molar-refractivity contribution in [3.63, 3.8) is 0 Å². The molecule has 3 nitrogen and oxygen atoms in total. The molecule has 2 saturated heterocycles. The number of hydrogen-bond donors (Lipinski definition) is 0. The van der Waals surface area contributed by atoms with Crippen molar-refractivity contribution in [2.24, 2.45) is 0 Å². The summed E-state index contributed by atoms with van der Waals surface area (Å²) >= 11 is 25.5. The van der Waals surface area contributed by atoms with Gasteiger partial charge in [-0.25, -0.2) is 0 Å². The molecule has 7 heteroatoms. The van der Waals surface area contributed by atoms with Gasteiger partial charge < -0.3 is 14.2 Å². The van der Waals surface area contributed by atoms with Crippen molar-refractivity contribution in [3.8, 4) is 0 Å². The molecule has 0 N–H and O–H groups in total. The van der Waals surface area contributed by atoms with Gasteiger partial charge in [-0.3, -0.25) is 0 Å². The van der Waals surface area contributed by atoms with Crippen molar-refractivity contribution >= 4 is 46.4 Å². The average Bonchev–Trinajstić information content (AvgIpc) is 3.46. The van der Waals surface area contributed by atoms with E-state index in [1.54, 1.807) is 36.4 Å². The Hall–Kier alpha value is -0.520. The second kappa shape index (κ2) is 7.24. The van der Waals surface area contributed by atoms with Gasteiger partial charge in [-0.15, -0.1) is 0 Å². The van der Waals surface area contributed by atoms with Crippen LogP contribution in [-0.4, -0.2) is 25.4 Å². The van der Waals surface area contributed by atoms with E-state index < -0.39 is 12.2 Å². The van der Waals surface area contributed by atoms with Crippen molar-refractivity contribution in [2.45, 2.75) is 24.4 Å². The van der Waals surface area contributed by atoms with E-state index in [0.29, 0.717) is 44.4 Å². The van der Waals surface area contributed by atoms with Gasteiger partial charge in [-0.2, -0.15) is 0 Å². The van der Waals surface area contributed by atoms with Gasteiger partial charge in [-0.05, 0) is 24.3 Å². The smallest absolute Gasteiger partial charge is 0.115 e. The molecule has 2 fully saturated rings. The van der Waals surface area contributed by atoms with Crippen LogP contribution in [0.3, 0.4) is 0 Å². The molecule has 2 aliphatic rings.